The molecule has 7 saturated heterocycles. The van der Waals surface area contributed by atoms with E-state index in [9.17, 15) is 117 Å². The van der Waals surface area contributed by atoms with Crippen molar-refractivity contribution >= 4 is 5.91 Å². The highest BCUT2D eigenvalue weighted by Gasteiger charge is 2.58. The van der Waals surface area contributed by atoms with Gasteiger partial charge in [-0.05, 0) is 0 Å². The molecule has 0 bridgehead atoms. The summed E-state index contributed by atoms with van der Waals surface area (Å²) in [6.45, 7) is -5.74. The molecule has 0 aliphatic carbocycles. The van der Waals surface area contributed by atoms with Crippen molar-refractivity contribution < 1.29 is 179 Å². The molecule has 7 heterocycles. The van der Waals surface area contributed by atoms with Gasteiger partial charge in [0.15, 0.2) is 44.0 Å². The Hall–Kier alpha value is -1.93. The van der Waals surface area contributed by atoms with Crippen molar-refractivity contribution in [1.82, 2.24) is 5.32 Å². The third kappa shape index (κ3) is 14.2. The predicted octanol–water partition coefficient (Wildman–Crippen LogP) is -16.1. The van der Waals surface area contributed by atoms with Crippen LogP contribution in [-0.2, 0) is 66.4 Å². The van der Waals surface area contributed by atoms with E-state index in [1.54, 1.807) is 0 Å². The number of carbonyl (C=O) groups is 1. The summed E-state index contributed by atoms with van der Waals surface area (Å²) < 4.78 is 73.7. The zero-order valence-corrected chi connectivity index (χ0v) is 42.7. The topological polar surface area (TPSA) is 594 Å². The van der Waals surface area contributed by atoms with Crippen LogP contribution in [0.2, 0.25) is 0 Å². The molecular weight excluding hydrogens is 1120 g/mol. The van der Waals surface area contributed by atoms with Crippen LogP contribution in [0.3, 0.4) is 0 Å². The fourth-order valence-corrected chi connectivity index (χ4v) is 10.2. The number of aliphatic hydroxyl groups excluding tert-OH is 22. The van der Waals surface area contributed by atoms with Crippen LogP contribution in [0.4, 0.5) is 0 Å². The Kier molecular flexibility index (Phi) is 23.6. The molecule has 0 aromatic heterocycles. The Morgan fingerprint density at radius 2 is 0.654 bits per heavy atom. The minimum atomic E-state index is -2.34. The summed E-state index contributed by atoms with van der Waals surface area (Å²) in [4.78, 5) is 12.0. The molecule has 0 unspecified atom stereocenters. The third-order valence-corrected chi connectivity index (χ3v) is 14.9. The van der Waals surface area contributed by atoms with Gasteiger partial charge in [-0.25, -0.2) is 0 Å². The zero-order chi connectivity index (χ0) is 59.6. The van der Waals surface area contributed by atoms with E-state index in [0.717, 1.165) is 6.92 Å². The highest BCUT2D eigenvalue weighted by molar-refractivity contribution is 5.73. The van der Waals surface area contributed by atoms with Crippen LogP contribution in [0.15, 0.2) is 0 Å². The van der Waals surface area contributed by atoms with Crippen LogP contribution in [-0.4, -0.2) is 379 Å². The minimum Gasteiger partial charge on any atom is -0.394 e. The average molecular weight is 1190 g/mol. The molecule has 23 N–H and O–H groups in total. The quantitative estimate of drug-likeness (QED) is 0.0538. The molecule has 0 spiro atoms. The highest BCUT2D eigenvalue weighted by Crippen LogP contribution is 2.37. The maximum absolute atomic E-state index is 12.0. The number of nitrogens with one attached hydrogen (secondary N) is 1. The van der Waals surface area contributed by atoms with Gasteiger partial charge in [0.1, 0.15) is 171 Å². The van der Waals surface area contributed by atoms with E-state index in [1.165, 1.54) is 0 Å². The lowest BCUT2D eigenvalue weighted by molar-refractivity contribution is -0.396. The van der Waals surface area contributed by atoms with Crippen LogP contribution in [0.5, 0.6) is 0 Å². The number of hydrogen-bond acceptors (Lipinski definition) is 36. The molecule has 0 aromatic carbocycles. The summed E-state index contributed by atoms with van der Waals surface area (Å²) in [6, 6.07) is -1.66. The van der Waals surface area contributed by atoms with E-state index in [-0.39, 0.29) is 0 Å². The molecule has 7 fully saturated rings. The predicted molar refractivity (Wildman–Crippen MR) is 243 cm³/mol. The molecule has 0 aromatic rings. The standard InChI is InChI=1S/C44H75NO36/c1-9(51)45-17-24(58)34(14(6-50)71-38(17)68)78-42-33(67)35(79-44-37(29(63)21(55)13(5-49)75-44)81-41-32(66)26(60)19(53)11(3-47)73-41)23(57)16(77-42)8-69-39-30(64)27(61)22(56)15(76-39)7-70-43-36(28(62)20(54)12(4-48)74-43)80-40-31(65)25(59)18(52)10(2-46)72-40/h10-44,46-50,52-68H,2-8H2,1H3,(H,45,51)/t10-,11-,12-,13-,14-,15-,16-,17-,18-,19-,20-,21-,22-,23-,24-,25+,26+,27+,28+,29+,30+,31+,32+,33+,34-,35+,36+,37+,38-,39+,40-,41-,42+,43+,44-/m1/s1. The fourth-order valence-electron chi connectivity index (χ4n) is 10.2. The van der Waals surface area contributed by atoms with Crippen molar-refractivity contribution in [3.05, 3.63) is 0 Å². The number of amides is 1. The molecule has 37 heteroatoms. The monoisotopic (exact) mass is 1190 g/mol. The number of rotatable bonds is 20. The molecule has 37 nitrogen and oxygen atoms in total. The van der Waals surface area contributed by atoms with Gasteiger partial charge in [0.25, 0.3) is 0 Å². The molecule has 1 amide bonds. The lowest BCUT2D eigenvalue weighted by Gasteiger charge is -2.50. The van der Waals surface area contributed by atoms with Gasteiger partial charge < -0.3 is 179 Å². The van der Waals surface area contributed by atoms with Gasteiger partial charge >= 0.3 is 0 Å². The molecule has 81 heavy (non-hydrogen) atoms. The summed E-state index contributed by atoms with van der Waals surface area (Å²) >= 11 is 0. The molecule has 0 saturated carbocycles. The van der Waals surface area contributed by atoms with Crippen LogP contribution in [0.1, 0.15) is 6.92 Å². The van der Waals surface area contributed by atoms with Crippen LogP contribution < -0.4 is 5.32 Å². The molecule has 35 atom stereocenters. The number of ether oxygens (including phenoxy) is 13. The highest BCUT2D eigenvalue weighted by atomic mass is 16.8. The van der Waals surface area contributed by atoms with Gasteiger partial charge in [0.05, 0.1) is 46.2 Å². The van der Waals surface area contributed by atoms with Crippen LogP contribution >= 0.6 is 0 Å². The maximum atomic E-state index is 12.0. The first kappa shape index (κ1) is 66.6. The second-order valence-electron chi connectivity index (χ2n) is 20.4. The van der Waals surface area contributed by atoms with Gasteiger partial charge in [-0.15, -0.1) is 0 Å². The molecule has 7 aliphatic rings. The van der Waals surface area contributed by atoms with E-state index in [4.69, 9.17) is 61.6 Å². The number of hydrogen-bond donors (Lipinski definition) is 23. The van der Waals surface area contributed by atoms with E-state index in [0.29, 0.717) is 0 Å². The minimum absolute atomic E-state index is 0.785. The van der Waals surface area contributed by atoms with Gasteiger partial charge in [-0.1, -0.05) is 0 Å². The van der Waals surface area contributed by atoms with E-state index >= 15 is 0 Å². The normalized spacial score (nSPS) is 51.9. The first-order valence-electron chi connectivity index (χ1n) is 25.6. The summed E-state index contributed by atoms with van der Waals surface area (Å²) in [5.74, 6) is -0.785. The molecule has 7 rings (SSSR count). The van der Waals surface area contributed by atoms with E-state index < -0.39 is 267 Å². The van der Waals surface area contributed by atoms with Gasteiger partial charge in [0, 0.05) is 6.92 Å². The number of carbonyl (C=O) groups excluding carboxylic acids is 1. The van der Waals surface area contributed by atoms with Gasteiger partial charge in [-0.3, -0.25) is 4.79 Å². The summed E-state index contributed by atoms with van der Waals surface area (Å²) in [5, 5.41) is 238. The van der Waals surface area contributed by atoms with Crippen LogP contribution in [0.25, 0.3) is 0 Å². The lowest BCUT2D eigenvalue weighted by Crippen LogP contribution is -2.69. The maximum Gasteiger partial charge on any atom is 0.217 e. The molecular formula is C44H75NO36. The molecule has 0 radical (unpaired) electrons. The SMILES string of the molecule is CC(=O)N[C@@H]1[C@@H](O)[C@H](O[C@@H]2O[C@H](CO[C@H]3O[C@H](CO[C@H]4O[C@H](CO)[C@@H](O)[C@H](O)[C@@H]4O[C@H]4O[C@H](CO)[C@@H](O)[C@H](O)[C@@H]4O)[C@@H](O)[C@H](O)[C@@H]3O)[C@@H](O)[C@H](O[C@H]3O[C@H](CO)[C@@H](O)[C@H](O)[C@@H]3O[C@H]3O[C@H](CO)[C@@H](O)[C@H](O)[C@@H]3O)[C@@H]2O)[C@@H](CO)O[C@H]1O. The Morgan fingerprint density at radius 1 is 0.321 bits per heavy atom. The fraction of sp³-hybridized carbons (Fsp3) is 0.977. The zero-order valence-electron chi connectivity index (χ0n) is 42.7. The second kappa shape index (κ2) is 28.7. The third-order valence-electron chi connectivity index (χ3n) is 14.9. The van der Waals surface area contributed by atoms with Crippen molar-refractivity contribution in [3.63, 3.8) is 0 Å². The van der Waals surface area contributed by atoms with Gasteiger partial charge in [0.2, 0.25) is 5.91 Å². The second-order valence-corrected chi connectivity index (χ2v) is 20.4. The largest absolute Gasteiger partial charge is 0.394 e. The Bertz CT molecular complexity index is 1940. The van der Waals surface area contributed by atoms with Gasteiger partial charge in [-0.2, -0.15) is 0 Å². The first-order chi connectivity index (χ1) is 38.3. The summed E-state index contributed by atoms with van der Waals surface area (Å²) in [7, 11) is 0. The molecule has 472 valence electrons. The first-order valence-corrected chi connectivity index (χ1v) is 25.6. The average Bonchev–Trinajstić information content (AvgIpc) is 3.49. The smallest absolute Gasteiger partial charge is 0.217 e. The van der Waals surface area contributed by atoms with Crippen molar-refractivity contribution in [3.8, 4) is 0 Å². The Morgan fingerprint density at radius 3 is 1.12 bits per heavy atom. The van der Waals surface area contributed by atoms with Crippen molar-refractivity contribution in [1.29, 1.82) is 0 Å². The lowest BCUT2D eigenvalue weighted by atomic mass is 9.95. The van der Waals surface area contributed by atoms with Crippen molar-refractivity contribution in [2.75, 3.05) is 46.2 Å². The van der Waals surface area contributed by atoms with Crippen LogP contribution in [0, 0.1) is 0 Å². The van der Waals surface area contributed by atoms with Crippen molar-refractivity contribution in [2.24, 2.45) is 0 Å². The Balaban J connectivity index is 1.13. The number of aliphatic hydroxyl groups is 22. The van der Waals surface area contributed by atoms with E-state index in [2.05, 4.69) is 5.32 Å². The van der Waals surface area contributed by atoms with E-state index in [1.807, 2.05) is 0 Å². The summed E-state index contributed by atoms with van der Waals surface area (Å²) in [5.41, 5.74) is 0. The molecule has 7 aliphatic heterocycles. The Labute approximate surface area is 457 Å². The van der Waals surface area contributed by atoms with Crippen molar-refractivity contribution in [2.45, 2.75) is 222 Å². The summed E-state index contributed by atoms with van der Waals surface area (Å²) in [6.07, 6.45) is -67.3.